The van der Waals surface area contributed by atoms with Crippen LogP contribution in [0.15, 0.2) is 54.7 Å². The maximum Gasteiger partial charge on any atom is 0.244 e. The lowest BCUT2D eigenvalue weighted by atomic mass is 10.0. The van der Waals surface area contributed by atoms with Crippen molar-refractivity contribution in [1.82, 2.24) is 25.0 Å². The van der Waals surface area contributed by atoms with Gasteiger partial charge in [0.15, 0.2) is 0 Å². The summed E-state index contributed by atoms with van der Waals surface area (Å²) in [7, 11) is 0. The van der Waals surface area contributed by atoms with Crippen molar-refractivity contribution in [2.24, 2.45) is 0 Å². The number of carbonyl (C=O) groups excluding carboxylic acids is 2. The van der Waals surface area contributed by atoms with Gasteiger partial charge in [0.1, 0.15) is 12.6 Å². The smallest absolute Gasteiger partial charge is 0.244 e. The maximum atomic E-state index is 14.8. The van der Waals surface area contributed by atoms with Gasteiger partial charge in [0.25, 0.3) is 0 Å². The number of hydrogen-bond donors (Lipinski definition) is 1. The molecule has 2 aromatic heterocycles. The second kappa shape index (κ2) is 9.37. The van der Waals surface area contributed by atoms with Crippen LogP contribution in [-0.2, 0) is 16.1 Å². The highest BCUT2D eigenvalue weighted by molar-refractivity contribution is 5.88. The molecule has 1 aliphatic heterocycles. The van der Waals surface area contributed by atoms with Crippen LogP contribution < -0.4 is 5.32 Å². The largest absolute Gasteiger partial charge is 0.342 e. The summed E-state index contributed by atoms with van der Waals surface area (Å²) in [6, 6.07) is 13.7. The Hall–Kier alpha value is -3.55. The molecule has 8 heteroatoms. The molecule has 2 aliphatic rings. The van der Waals surface area contributed by atoms with Gasteiger partial charge in [-0.05, 0) is 56.2 Å². The Labute approximate surface area is 198 Å². The summed E-state index contributed by atoms with van der Waals surface area (Å²) in [4.78, 5) is 32.2. The lowest BCUT2D eigenvalue weighted by Crippen LogP contribution is -2.48. The van der Waals surface area contributed by atoms with Gasteiger partial charge < -0.3 is 10.2 Å². The van der Waals surface area contributed by atoms with Gasteiger partial charge in [-0.15, -0.1) is 0 Å². The minimum Gasteiger partial charge on any atom is -0.342 e. The molecule has 1 saturated heterocycles. The van der Waals surface area contributed by atoms with Crippen LogP contribution in [0, 0.1) is 12.9 Å². The van der Waals surface area contributed by atoms with E-state index >= 15 is 0 Å². The van der Waals surface area contributed by atoms with E-state index in [1.165, 1.54) is 0 Å². The Kier molecular flexibility index (Phi) is 6.13. The van der Waals surface area contributed by atoms with E-state index in [0.717, 1.165) is 30.5 Å². The summed E-state index contributed by atoms with van der Waals surface area (Å²) in [5.74, 6) is -0.616. The van der Waals surface area contributed by atoms with Crippen molar-refractivity contribution in [2.45, 2.75) is 57.2 Å². The molecule has 2 fully saturated rings. The van der Waals surface area contributed by atoms with Crippen molar-refractivity contribution in [2.75, 3.05) is 6.54 Å². The zero-order valence-corrected chi connectivity index (χ0v) is 19.2. The molecule has 0 unspecified atom stereocenters. The van der Waals surface area contributed by atoms with Gasteiger partial charge in [0.2, 0.25) is 17.8 Å². The molecule has 1 aliphatic carbocycles. The van der Waals surface area contributed by atoms with Gasteiger partial charge >= 0.3 is 0 Å². The van der Waals surface area contributed by atoms with Gasteiger partial charge in [-0.2, -0.15) is 9.49 Å². The van der Waals surface area contributed by atoms with Crippen molar-refractivity contribution >= 4 is 11.8 Å². The van der Waals surface area contributed by atoms with Crippen molar-refractivity contribution in [3.05, 3.63) is 83.2 Å². The van der Waals surface area contributed by atoms with Crippen molar-refractivity contribution in [1.29, 1.82) is 0 Å². The van der Waals surface area contributed by atoms with Crippen LogP contribution in [0.3, 0.4) is 0 Å². The number of rotatable bonds is 7. The van der Waals surface area contributed by atoms with Gasteiger partial charge in [-0.25, -0.2) is 4.98 Å². The number of amides is 2. The minimum absolute atomic E-state index is 0.0973. The van der Waals surface area contributed by atoms with Crippen molar-refractivity contribution < 1.29 is 14.0 Å². The highest BCUT2D eigenvalue weighted by Crippen LogP contribution is 2.41. The van der Waals surface area contributed by atoms with E-state index in [-0.39, 0.29) is 24.3 Å². The van der Waals surface area contributed by atoms with Gasteiger partial charge in [0.05, 0.1) is 11.7 Å². The first-order chi connectivity index (χ1) is 16.5. The quantitative estimate of drug-likeness (QED) is 0.546. The molecule has 1 saturated carbocycles. The maximum absolute atomic E-state index is 14.8. The highest BCUT2D eigenvalue weighted by atomic mass is 19.1. The molecule has 34 heavy (non-hydrogen) atoms. The monoisotopic (exact) mass is 461 g/mol. The van der Waals surface area contributed by atoms with E-state index in [0.29, 0.717) is 24.2 Å². The molecule has 1 N–H and O–H groups in total. The molecule has 0 radical (unpaired) electrons. The number of likely N-dealkylation sites (tertiary alicyclic amines) is 1. The lowest BCUT2D eigenvalue weighted by Gasteiger charge is -2.27. The number of aromatic nitrogens is 3. The van der Waals surface area contributed by atoms with E-state index in [9.17, 15) is 14.0 Å². The number of carbonyl (C=O) groups is 2. The third-order valence-corrected chi connectivity index (χ3v) is 6.72. The second-order valence-corrected chi connectivity index (χ2v) is 9.12. The fraction of sp³-hybridized carbons (Fsp3) is 0.385. The number of aryl methyl sites for hydroxylation is 1. The van der Waals surface area contributed by atoms with Crippen LogP contribution in [0.5, 0.6) is 0 Å². The normalized spacial score (nSPS) is 18.6. The fourth-order valence-electron chi connectivity index (χ4n) is 4.65. The average molecular weight is 462 g/mol. The van der Waals surface area contributed by atoms with Crippen LogP contribution in [-0.4, -0.2) is 44.1 Å². The van der Waals surface area contributed by atoms with Crippen molar-refractivity contribution in [3.63, 3.8) is 0 Å². The molecule has 176 valence electrons. The van der Waals surface area contributed by atoms with E-state index in [1.54, 1.807) is 27.9 Å². The van der Waals surface area contributed by atoms with Crippen molar-refractivity contribution in [3.8, 4) is 0 Å². The summed E-state index contributed by atoms with van der Waals surface area (Å²) < 4.78 is 16.4. The van der Waals surface area contributed by atoms with E-state index in [2.05, 4.69) is 15.4 Å². The molecule has 7 nitrogen and oxygen atoms in total. The van der Waals surface area contributed by atoms with Crippen LogP contribution in [0.2, 0.25) is 0 Å². The van der Waals surface area contributed by atoms with Crippen LogP contribution in [0.1, 0.15) is 60.2 Å². The van der Waals surface area contributed by atoms with Gasteiger partial charge in [-0.1, -0.05) is 36.4 Å². The molecule has 3 heterocycles. The minimum atomic E-state index is -0.609. The Morgan fingerprint density at radius 3 is 2.59 bits per heavy atom. The average Bonchev–Trinajstić information content (AvgIpc) is 3.41. The van der Waals surface area contributed by atoms with Gasteiger partial charge in [-0.3, -0.25) is 14.3 Å². The molecule has 0 spiro atoms. The molecule has 1 aromatic carbocycles. The first-order valence-corrected chi connectivity index (χ1v) is 11.8. The zero-order valence-electron chi connectivity index (χ0n) is 19.2. The molecular weight excluding hydrogens is 433 g/mol. The first-order valence-electron chi connectivity index (χ1n) is 11.8. The predicted molar refractivity (Wildman–Crippen MR) is 124 cm³/mol. The van der Waals surface area contributed by atoms with E-state index in [4.69, 9.17) is 0 Å². The SMILES string of the molecule is Cc1ccnn1CC(=O)N1CCC[C@H]1C(=O)N[C@@H](c1ccccc1)c1ccc(C2CC2)c(F)n1. The Bertz CT molecular complexity index is 1190. The number of hydrogen-bond acceptors (Lipinski definition) is 4. The predicted octanol–water partition coefficient (Wildman–Crippen LogP) is 3.50. The summed E-state index contributed by atoms with van der Waals surface area (Å²) in [5.41, 5.74) is 2.79. The zero-order chi connectivity index (χ0) is 23.7. The fourth-order valence-corrected chi connectivity index (χ4v) is 4.65. The lowest BCUT2D eigenvalue weighted by molar-refractivity contribution is -0.139. The second-order valence-electron chi connectivity index (χ2n) is 9.12. The molecule has 2 atom stereocenters. The summed E-state index contributed by atoms with van der Waals surface area (Å²) >= 11 is 0. The highest BCUT2D eigenvalue weighted by Gasteiger charge is 2.36. The first kappa shape index (κ1) is 22.3. The van der Waals surface area contributed by atoms with Crippen LogP contribution in [0.25, 0.3) is 0 Å². The summed E-state index contributed by atoms with van der Waals surface area (Å²) in [5, 5.41) is 7.24. The summed E-state index contributed by atoms with van der Waals surface area (Å²) in [6.45, 7) is 2.51. The number of pyridine rings is 1. The van der Waals surface area contributed by atoms with Crippen LogP contribution in [0.4, 0.5) is 4.39 Å². The summed E-state index contributed by atoms with van der Waals surface area (Å²) in [6.07, 6.45) is 4.96. The number of nitrogens with zero attached hydrogens (tertiary/aromatic N) is 4. The number of nitrogens with one attached hydrogen (secondary N) is 1. The topological polar surface area (TPSA) is 80.1 Å². The number of halogens is 1. The third kappa shape index (κ3) is 4.58. The molecular formula is C26H28FN5O2. The Morgan fingerprint density at radius 2 is 1.91 bits per heavy atom. The third-order valence-electron chi connectivity index (χ3n) is 6.72. The Balaban J connectivity index is 1.36. The number of benzene rings is 1. The molecule has 5 rings (SSSR count). The van der Waals surface area contributed by atoms with E-state index < -0.39 is 18.0 Å². The standard InChI is InChI=1S/C26H28FN5O2/c1-17-13-14-28-32(17)16-23(33)31-15-5-8-22(31)26(34)30-24(19-6-3-2-4-7-19)21-12-11-20(18-9-10-18)25(27)29-21/h2-4,6-7,11-14,18,22,24H,5,8-10,15-16H2,1H3,(H,30,34)/t22-,24-/m0/s1. The molecule has 2 amide bonds. The van der Waals surface area contributed by atoms with Gasteiger partial charge in [0, 0.05) is 24.0 Å². The van der Waals surface area contributed by atoms with E-state index in [1.807, 2.05) is 43.3 Å². The molecule has 3 aromatic rings. The Morgan fingerprint density at radius 1 is 1.12 bits per heavy atom. The van der Waals surface area contributed by atoms with Crippen LogP contribution >= 0.6 is 0 Å². The molecule has 0 bridgehead atoms.